The first-order valence-electron chi connectivity index (χ1n) is 10.1. The number of carbonyl (C=O) groups is 1. The van der Waals surface area contributed by atoms with Gasteiger partial charge in [0.05, 0.1) is 0 Å². The molecule has 2 amide bonds. The minimum atomic E-state index is -0.604. The van der Waals surface area contributed by atoms with Gasteiger partial charge in [-0.05, 0) is 48.4 Å². The minimum absolute atomic E-state index is 0.224. The molecule has 1 fully saturated rings. The van der Waals surface area contributed by atoms with Crippen LogP contribution in [0.15, 0.2) is 48.5 Å². The Hall–Kier alpha value is -2.77. The summed E-state index contributed by atoms with van der Waals surface area (Å²) in [5.41, 5.74) is 8.31. The zero-order valence-electron chi connectivity index (χ0n) is 16.9. The highest BCUT2D eigenvalue weighted by molar-refractivity contribution is 5.87. The van der Waals surface area contributed by atoms with Crippen molar-refractivity contribution < 1.29 is 14.6 Å². The highest BCUT2D eigenvalue weighted by Crippen LogP contribution is 2.18. The van der Waals surface area contributed by atoms with Crippen molar-refractivity contribution in [3.05, 3.63) is 54.1 Å². The Morgan fingerprint density at radius 2 is 1.76 bits per heavy atom. The lowest BCUT2D eigenvalue weighted by atomic mass is 10.1. The normalized spacial score (nSPS) is 15.7. The molecule has 3 rings (SSSR count). The van der Waals surface area contributed by atoms with E-state index in [1.165, 1.54) is 11.3 Å². The molecular weight excluding hydrogens is 368 g/mol. The Bertz CT molecular complexity index is 772. The molecule has 0 aliphatic carbocycles. The second-order valence-electron chi connectivity index (χ2n) is 7.29. The SMILES string of the molecule is CCc1ccc(N2CCN(C[C@H](O)COc3ccc(NC(N)=O)cc3)CC2)cc1. The zero-order valence-corrected chi connectivity index (χ0v) is 16.9. The lowest BCUT2D eigenvalue weighted by Crippen LogP contribution is -2.49. The molecule has 1 atom stereocenters. The summed E-state index contributed by atoms with van der Waals surface area (Å²) in [6.45, 7) is 6.71. The summed E-state index contributed by atoms with van der Waals surface area (Å²) in [4.78, 5) is 15.5. The number of piperazine rings is 1. The van der Waals surface area contributed by atoms with E-state index in [9.17, 15) is 9.90 Å². The molecule has 1 heterocycles. The molecule has 0 radical (unpaired) electrons. The van der Waals surface area contributed by atoms with E-state index >= 15 is 0 Å². The number of aryl methyl sites for hydroxylation is 1. The number of β-amino-alcohol motifs (C(OH)–C–C–N with tert-alkyl or cyclic N) is 1. The number of rotatable bonds is 8. The summed E-state index contributed by atoms with van der Waals surface area (Å²) in [5, 5.41) is 12.8. The van der Waals surface area contributed by atoms with Crippen LogP contribution in [0.3, 0.4) is 0 Å². The number of benzene rings is 2. The Kier molecular flexibility index (Phi) is 7.32. The van der Waals surface area contributed by atoms with E-state index in [0.717, 1.165) is 32.6 Å². The Morgan fingerprint density at radius 3 is 2.34 bits per heavy atom. The van der Waals surface area contributed by atoms with E-state index in [-0.39, 0.29) is 6.61 Å². The third kappa shape index (κ3) is 6.37. The fourth-order valence-corrected chi connectivity index (χ4v) is 3.45. The van der Waals surface area contributed by atoms with Crippen LogP contribution < -0.4 is 20.7 Å². The van der Waals surface area contributed by atoms with Gasteiger partial charge in [-0.1, -0.05) is 19.1 Å². The zero-order chi connectivity index (χ0) is 20.6. The van der Waals surface area contributed by atoms with Crippen LogP contribution in [0.2, 0.25) is 0 Å². The second-order valence-corrected chi connectivity index (χ2v) is 7.29. The van der Waals surface area contributed by atoms with E-state index in [0.29, 0.717) is 18.0 Å². The molecule has 2 aromatic carbocycles. The number of ether oxygens (including phenoxy) is 1. The number of aliphatic hydroxyl groups excluding tert-OH is 1. The molecule has 1 aliphatic rings. The molecule has 29 heavy (non-hydrogen) atoms. The van der Waals surface area contributed by atoms with Crippen molar-refractivity contribution >= 4 is 17.4 Å². The number of hydrogen-bond acceptors (Lipinski definition) is 5. The molecule has 4 N–H and O–H groups in total. The van der Waals surface area contributed by atoms with Gasteiger partial charge in [-0.3, -0.25) is 4.90 Å². The number of nitrogens with zero attached hydrogens (tertiary/aromatic N) is 2. The van der Waals surface area contributed by atoms with Crippen molar-refractivity contribution in [3.63, 3.8) is 0 Å². The standard InChI is InChI=1S/C22H30N4O3/c1-2-17-3-7-19(8-4-17)26-13-11-25(12-14-26)15-20(27)16-29-21-9-5-18(6-10-21)24-22(23)28/h3-10,20,27H,2,11-16H2,1H3,(H3,23,24,28)/t20-/m0/s1. The third-order valence-electron chi connectivity index (χ3n) is 5.12. The molecule has 1 saturated heterocycles. The number of carbonyl (C=O) groups excluding carboxylic acids is 1. The average Bonchev–Trinajstić information content (AvgIpc) is 2.73. The van der Waals surface area contributed by atoms with Crippen LogP contribution in [0.5, 0.6) is 5.75 Å². The molecule has 156 valence electrons. The predicted octanol–water partition coefficient (Wildman–Crippen LogP) is 2.30. The summed E-state index contributed by atoms with van der Waals surface area (Å²) >= 11 is 0. The quantitative estimate of drug-likeness (QED) is 0.635. The van der Waals surface area contributed by atoms with E-state index < -0.39 is 12.1 Å². The highest BCUT2D eigenvalue weighted by atomic mass is 16.5. The molecule has 0 unspecified atom stereocenters. The molecule has 2 aromatic rings. The number of aliphatic hydroxyl groups is 1. The van der Waals surface area contributed by atoms with E-state index in [2.05, 4.69) is 46.3 Å². The van der Waals surface area contributed by atoms with Crippen molar-refractivity contribution in [1.29, 1.82) is 0 Å². The summed E-state index contributed by atoms with van der Waals surface area (Å²) in [5.74, 6) is 0.638. The second kappa shape index (κ2) is 10.1. The molecule has 0 spiro atoms. The minimum Gasteiger partial charge on any atom is -0.491 e. The van der Waals surface area contributed by atoms with Crippen LogP contribution in [0.25, 0.3) is 0 Å². The van der Waals surface area contributed by atoms with Gasteiger partial charge in [0.15, 0.2) is 0 Å². The van der Waals surface area contributed by atoms with Crippen LogP contribution >= 0.6 is 0 Å². The summed E-state index contributed by atoms with van der Waals surface area (Å²) in [6, 6.07) is 15.1. The lowest BCUT2D eigenvalue weighted by Gasteiger charge is -2.37. The monoisotopic (exact) mass is 398 g/mol. The average molecular weight is 399 g/mol. The first kappa shape index (κ1) is 21.0. The van der Waals surface area contributed by atoms with Gasteiger partial charge in [0.2, 0.25) is 0 Å². The fourth-order valence-electron chi connectivity index (χ4n) is 3.45. The number of amides is 2. The van der Waals surface area contributed by atoms with Crippen LogP contribution in [0.1, 0.15) is 12.5 Å². The molecular formula is C22H30N4O3. The summed E-state index contributed by atoms with van der Waals surface area (Å²) < 4.78 is 5.65. The van der Waals surface area contributed by atoms with Gasteiger partial charge < -0.3 is 25.8 Å². The van der Waals surface area contributed by atoms with Crippen LogP contribution in [-0.4, -0.2) is 61.5 Å². The Morgan fingerprint density at radius 1 is 1.10 bits per heavy atom. The predicted molar refractivity (Wildman–Crippen MR) is 116 cm³/mol. The van der Waals surface area contributed by atoms with Crippen LogP contribution in [0.4, 0.5) is 16.2 Å². The van der Waals surface area contributed by atoms with Gasteiger partial charge in [-0.2, -0.15) is 0 Å². The first-order valence-corrected chi connectivity index (χ1v) is 10.1. The molecule has 7 nitrogen and oxygen atoms in total. The van der Waals surface area contributed by atoms with Gasteiger partial charge in [0.1, 0.15) is 18.5 Å². The maximum absolute atomic E-state index is 10.8. The molecule has 0 saturated carbocycles. The number of hydrogen-bond donors (Lipinski definition) is 3. The Labute approximate surface area is 172 Å². The van der Waals surface area contributed by atoms with Crippen molar-refractivity contribution in [1.82, 2.24) is 4.90 Å². The topological polar surface area (TPSA) is 91.1 Å². The van der Waals surface area contributed by atoms with Crippen molar-refractivity contribution in [2.75, 3.05) is 49.5 Å². The summed E-state index contributed by atoms with van der Waals surface area (Å²) in [7, 11) is 0. The highest BCUT2D eigenvalue weighted by Gasteiger charge is 2.19. The van der Waals surface area contributed by atoms with Crippen LogP contribution in [0, 0.1) is 0 Å². The van der Waals surface area contributed by atoms with Gasteiger partial charge in [0, 0.05) is 44.1 Å². The van der Waals surface area contributed by atoms with Gasteiger partial charge in [-0.25, -0.2) is 4.79 Å². The van der Waals surface area contributed by atoms with Crippen molar-refractivity contribution in [2.45, 2.75) is 19.4 Å². The molecule has 1 aliphatic heterocycles. The number of nitrogens with one attached hydrogen (secondary N) is 1. The molecule has 0 bridgehead atoms. The maximum Gasteiger partial charge on any atom is 0.316 e. The summed E-state index contributed by atoms with van der Waals surface area (Å²) in [6.07, 6.45) is 0.497. The van der Waals surface area contributed by atoms with Gasteiger partial charge in [0.25, 0.3) is 0 Å². The van der Waals surface area contributed by atoms with Crippen molar-refractivity contribution in [2.24, 2.45) is 5.73 Å². The Balaban J connectivity index is 1.39. The number of primary amides is 1. The first-order chi connectivity index (χ1) is 14.0. The van der Waals surface area contributed by atoms with Gasteiger partial charge >= 0.3 is 6.03 Å². The fraction of sp³-hybridized carbons (Fsp3) is 0.409. The maximum atomic E-state index is 10.8. The lowest BCUT2D eigenvalue weighted by molar-refractivity contribution is 0.0663. The third-order valence-corrected chi connectivity index (χ3v) is 5.12. The number of anilines is 2. The van der Waals surface area contributed by atoms with Crippen molar-refractivity contribution in [3.8, 4) is 5.75 Å². The van der Waals surface area contributed by atoms with E-state index in [1.54, 1.807) is 24.3 Å². The van der Waals surface area contributed by atoms with Gasteiger partial charge in [-0.15, -0.1) is 0 Å². The smallest absolute Gasteiger partial charge is 0.316 e. The molecule has 7 heteroatoms. The largest absolute Gasteiger partial charge is 0.491 e. The number of nitrogens with two attached hydrogens (primary N) is 1. The van der Waals surface area contributed by atoms with E-state index in [1.807, 2.05) is 0 Å². The van der Waals surface area contributed by atoms with Crippen LogP contribution in [-0.2, 0) is 6.42 Å². The molecule has 0 aromatic heterocycles. The van der Waals surface area contributed by atoms with E-state index in [4.69, 9.17) is 10.5 Å². The number of urea groups is 1.